The van der Waals surface area contributed by atoms with E-state index in [1.165, 1.54) is 0 Å². The third-order valence-corrected chi connectivity index (χ3v) is 3.93. The molecule has 0 unspecified atom stereocenters. The first-order valence-electron chi connectivity index (χ1n) is 8.65. The topological polar surface area (TPSA) is 70.2 Å². The normalized spacial score (nSPS) is 11.2. The van der Waals surface area contributed by atoms with Gasteiger partial charge in [-0.1, -0.05) is 6.07 Å². The molecule has 134 valence electrons. The summed E-state index contributed by atoms with van der Waals surface area (Å²) in [6.45, 7) is 10.1. The maximum Gasteiger partial charge on any atom is 0.251 e. The first-order valence-corrected chi connectivity index (χ1v) is 8.65. The smallest absolute Gasteiger partial charge is 0.251 e. The van der Waals surface area contributed by atoms with Gasteiger partial charge < -0.3 is 10.6 Å². The molecule has 25 heavy (non-hydrogen) atoms. The molecular formula is C19H27N5O. The van der Waals surface area contributed by atoms with Gasteiger partial charge in [0, 0.05) is 48.8 Å². The molecule has 1 aromatic heterocycles. The Kier molecular flexibility index (Phi) is 6.89. The molecule has 0 aliphatic rings. The summed E-state index contributed by atoms with van der Waals surface area (Å²) in [7, 11) is 0. The molecule has 0 bridgehead atoms. The molecule has 0 spiro atoms. The van der Waals surface area contributed by atoms with Gasteiger partial charge in [-0.3, -0.25) is 9.69 Å². The second kappa shape index (κ2) is 9.13. The summed E-state index contributed by atoms with van der Waals surface area (Å²) >= 11 is 0. The van der Waals surface area contributed by atoms with Crippen LogP contribution in [-0.4, -0.2) is 45.9 Å². The molecule has 0 aliphatic carbocycles. The van der Waals surface area contributed by atoms with Crippen LogP contribution in [-0.2, 0) is 0 Å². The van der Waals surface area contributed by atoms with Crippen LogP contribution in [0.1, 0.15) is 38.1 Å². The molecule has 0 aliphatic heterocycles. The maximum absolute atomic E-state index is 12.4. The minimum Gasteiger partial charge on any atom is -0.351 e. The zero-order valence-electron chi connectivity index (χ0n) is 15.4. The molecule has 1 aromatic carbocycles. The van der Waals surface area contributed by atoms with Crippen molar-refractivity contribution >= 4 is 17.5 Å². The van der Waals surface area contributed by atoms with E-state index in [0.29, 0.717) is 30.1 Å². The Morgan fingerprint density at radius 2 is 1.76 bits per heavy atom. The lowest BCUT2D eigenvalue weighted by Gasteiger charge is -2.30. The Morgan fingerprint density at radius 1 is 1.08 bits per heavy atom. The van der Waals surface area contributed by atoms with E-state index in [-0.39, 0.29) is 5.91 Å². The quantitative estimate of drug-likeness (QED) is 0.772. The van der Waals surface area contributed by atoms with Crippen LogP contribution >= 0.6 is 0 Å². The Balaban J connectivity index is 1.92. The van der Waals surface area contributed by atoms with Gasteiger partial charge in [-0.05, 0) is 52.0 Å². The molecule has 0 saturated heterocycles. The SMILES string of the molecule is CC(C)N(CCNC(=O)c1cccc(Nc2ncccn2)c1)C(C)C. The molecule has 6 nitrogen and oxygen atoms in total. The van der Waals surface area contributed by atoms with Crippen molar-refractivity contribution in [1.29, 1.82) is 0 Å². The van der Waals surface area contributed by atoms with Crippen LogP contribution in [0, 0.1) is 0 Å². The molecule has 1 amide bonds. The summed E-state index contributed by atoms with van der Waals surface area (Å²) in [6, 6.07) is 9.99. The number of nitrogens with one attached hydrogen (secondary N) is 2. The van der Waals surface area contributed by atoms with Crippen LogP contribution in [0.5, 0.6) is 0 Å². The number of anilines is 2. The van der Waals surface area contributed by atoms with Gasteiger partial charge in [0.1, 0.15) is 0 Å². The Morgan fingerprint density at radius 3 is 2.40 bits per heavy atom. The highest BCUT2D eigenvalue weighted by atomic mass is 16.1. The average molecular weight is 341 g/mol. The van der Waals surface area contributed by atoms with Crippen LogP contribution in [0.25, 0.3) is 0 Å². The van der Waals surface area contributed by atoms with Gasteiger partial charge in [0.2, 0.25) is 5.95 Å². The number of rotatable bonds is 8. The van der Waals surface area contributed by atoms with E-state index in [0.717, 1.165) is 12.2 Å². The fourth-order valence-corrected chi connectivity index (χ4v) is 2.74. The first-order chi connectivity index (χ1) is 12.0. The number of benzene rings is 1. The van der Waals surface area contributed by atoms with Crippen molar-refractivity contribution in [2.24, 2.45) is 0 Å². The van der Waals surface area contributed by atoms with Crippen LogP contribution < -0.4 is 10.6 Å². The second-order valence-electron chi connectivity index (χ2n) is 6.46. The van der Waals surface area contributed by atoms with E-state index in [4.69, 9.17) is 0 Å². The lowest BCUT2D eigenvalue weighted by atomic mass is 10.2. The van der Waals surface area contributed by atoms with Crippen molar-refractivity contribution in [1.82, 2.24) is 20.2 Å². The van der Waals surface area contributed by atoms with Crippen LogP contribution in [0.15, 0.2) is 42.7 Å². The predicted molar refractivity (Wildman–Crippen MR) is 101 cm³/mol. The highest BCUT2D eigenvalue weighted by Gasteiger charge is 2.13. The molecule has 0 radical (unpaired) electrons. The van der Waals surface area contributed by atoms with Gasteiger partial charge >= 0.3 is 0 Å². The second-order valence-corrected chi connectivity index (χ2v) is 6.46. The number of hydrogen-bond donors (Lipinski definition) is 2. The van der Waals surface area contributed by atoms with E-state index in [9.17, 15) is 4.79 Å². The van der Waals surface area contributed by atoms with E-state index in [1.54, 1.807) is 30.6 Å². The molecule has 2 aromatic rings. The summed E-state index contributed by atoms with van der Waals surface area (Å²) in [6.07, 6.45) is 3.34. The van der Waals surface area contributed by atoms with Gasteiger partial charge in [0.05, 0.1) is 0 Å². The molecule has 0 fully saturated rings. The number of carbonyl (C=O) groups is 1. The van der Waals surface area contributed by atoms with E-state index < -0.39 is 0 Å². The van der Waals surface area contributed by atoms with Crippen molar-refractivity contribution in [3.05, 3.63) is 48.3 Å². The van der Waals surface area contributed by atoms with Gasteiger partial charge in [0.15, 0.2) is 0 Å². The molecule has 1 heterocycles. The summed E-state index contributed by atoms with van der Waals surface area (Å²) in [5, 5.41) is 6.08. The van der Waals surface area contributed by atoms with Gasteiger partial charge in [0.25, 0.3) is 5.91 Å². The maximum atomic E-state index is 12.4. The molecule has 2 rings (SSSR count). The van der Waals surface area contributed by atoms with Crippen LogP contribution in [0.2, 0.25) is 0 Å². The Hall–Kier alpha value is -2.47. The van der Waals surface area contributed by atoms with E-state index in [1.807, 2.05) is 12.1 Å². The minimum absolute atomic E-state index is 0.0786. The lowest BCUT2D eigenvalue weighted by molar-refractivity contribution is 0.0939. The van der Waals surface area contributed by atoms with E-state index >= 15 is 0 Å². The van der Waals surface area contributed by atoms with E-state index in [2.05, 4.69) is 53.2 Å². The average Bonchev–Trinajstić information content (AvgIpc) is 2.59. The van der Waals surface area contributed by atoms with Crippen molar-refractivity contribution in [3.63, 3.8) is 0 Å². The summed E-state index contributed by atoms with van der Waals surface area (Å²) < 4.78 is 0. The number of hydrogen-bond acceptors (Lipinski definition) is 5. The Bertz CT molecular complexity index is 665. The fourth-order valence-electron chi connectivity index (χ4n) is 2.74. The number of nitrogens with zero attached hydrogens (tertiary/aromatic N) is 3. The highest BCUT2D eigenvalue weighted by molar-refractivity contribution is 5.95. The molecule has 0 saturated carbocycles. The number of amides is 1. The zero-order chi connectivity index (χ0) is 18.2. The van der Waals surface area contributed by atoms with Crippen LogP contribution in [0.4, 0.5) is 11.6 Å². The fraction of sp³-hybridized carbons (Fsp3) is 0.421. The molecular weight excluding hydrogens is 314 g/mol. The minimum atomic E-state index is -0.0786. The summed E-state index contributed by atoms with van der Waals surface area (Å²) in [5.41, 5.74) is 1.39. The van der Waals surface area contributed by atoms with Crippen LogP contribution in [0.3, 0.4) is 0 Å². The molecule has 0 atom stereocenters. The molecule has 6 heteroatoms. The monoisotopic (exact) mass is 341 g/mol. The summed E-state index contributed by atoms with van der Waals surface area (Å²) in [4.78, 5) is 23.0. The third kappa shape index (κ3) is 5.83. The van der Waals surface area contributed by atoms with Crippen molar-refractivity contribution in [2.75, 3.05) is 18.4 Å². The summed E-state index contributed by atoms with van der Waals surface area (Å²) in [5.74, 6) is 0.426. The largest absolute Gasteiger partial charge is 0.351 e. The van der Waals surface area contributed by atoms with Crippen molar-refractivity contribution < 1.29 is 4.79 Å². The number of carbonyl (C=O) groups excluding carboxylic acids is 1. The standard InChI is InChI=1S/C19H27N5O/c1-14(2)24(15(3)4)12-11-20-18(25)16-7-5-8-17(13-16)23-19-21-9-6-10-22-19/h5-10,13-15H,11-12H2,1-4H3,(H,20,25)(H,21,22,23). The van der Waals surface area contributed by atoms with Crippen molar-refractivity contribution in [3.8, 4) is 0 Å². The first kappa shape index (κ1) is 18.9. The van der Waals surface area contributed by atoms with Crippen molar-refractivity contribution in [2.45, 2.75) is 39.8 Å². The Labute approximate surface area is 149 Å². The predicted octanol–water partition coefficient (Wildman–Crippen LogP) is 3.07. The van der Waals surface area contributed by atoms with Gasteiger partial charge in [-0.15, -0.1) is 0 Å². The number of aromatic nitrogens is 2. The lowest BCUT2D eigenvalue weighted by Crippen LogP contribution is -2.42. The van der Waals surface area contributed by atoms with Gasteiger partial charge in [-0.2, -0.15) is 0 Å². The molecule has 2 N–H and O–H groups in total. The third-order valence-electron chi connectivity index (χ3n) is 3.93. The van der Waals surface area contributed by atoms with Gasteiger partial charge in [-0.25, -0.2) is 9.97 Å². The zero-order valence-corrected chi connectivity index (χ0v) is 15.4. The highest BCUT2D eigenvalue weighted by Crippen LogP contribution is 2.14.